The molecule has 1 aromatic heterocycles. The lowest BCUT2D eigenvalue weighted by atomic mass is 10.0. The van der Waals surface area contributed by atoms with Crippen molar-refractivity contribution in [2.75, 3.05) is 6.54 Å². The van der Waals surface area contributed by atoms with Gasteiger partial charge in [0.25, 0.3) is 5.89 Å². The van der Waals surface area contributed by atoms with Gasteiger partial charge in [-0.3, -0.25) is 0 Å². The van der Waals surface area contributed by atoms with Crippen LogP contribution in [0.5, 0.6) is 5.75 Å². The second-order valence-electron chi connectivity index (χ2n) is 4.79. The van der Waals surface area contributed by atoms with Crippen LogP contribution in [0.3, 0.4) is 0 Å². The minimum Gasteiger partial charge on any atom is -0.483 e. The molecule has 2 rings (SSSR count). The summed E-state index contributed by atoms with van der Waals surface area (Å²) in [5, 5.41) is 11.4. The van der Waals surface area contributed by atoms with Gasteiger partial charge < -0.3 is 14.5 Å². The topological polar surface area (TPSA) is 60.2 Å². The number of aromatic nitrogens is 2. The summed E-state index contributed by atoms with van der Waals surface area (Å²) in [6, 6.07) is 8.37. The summed E-state index contributed by atoms with van der Waals surface area (Å²) >= 11 is 0. The molecule has 0 radical (unpaired) electrons. The lowest BCUT2D eigenvalue weighted by Crippen LogP contribution is -2.20. The van der Waals surface area contributed by atoms with Crippen molar-refractivity contribution in [3.8, 4) is 5.75 Å². The fourth-order valence-electron chi connectivity index (χ4n) is 2.25. The van der Waals surface area contributed by atoms with Gasteiger partial charge in [0.05, 0.1) is 0 Å². The molecule has 0 aliphatic carbocycles. The molecule has 0 aliphatic rings. The van der Waals surface area contributed by atoms with E-state index in [2.05, 4.69) is 35.4 Å². The van der Waals surface area contributed by atoms with Crippen LogP contribution in [-0.4, -0.2) is 16.7 Å². The van der Waals surface area contributed by atoms with E-state index in [0.717, 1.165) is 30.7 Å². The van der Waals surface area contributed by atoms with Crippen LogP contribution < -0.4 is 10.1 Å². The fourth-order valence-corrected chi connectivity index (χ4v) is 2.25. The third-order valence-electron chi connectivity index (χ3n) is 3.32. The molecule has 1 aromatic carbocycles. The minimum atomic E-state index is 0.292. The Labute approximate surface area is 125 Å². The molecule has 1 unspecified atom stereocenters. The zero-order chi connectivity index (χ0) is 15.1. The number of nitrogens with zero attached hydrogens (tertiary/aromatic N) is 2. The quantitative estimate of drug-likeness (QED) is 0.808. The van der Waals surface area contributed by atoms with E-state index >= 15 is 0 Å². The first-order valence-electron chi connectivity index (χ1n) is 7.54. The van der Waals surface area contributed by atoms with Crippen LogP contribution in [0.2, 0.25) is 0 Å². The first-order chi connectivity index (χ1) is 10.3. The zero-order valence-corrected chi connectivity index (χ0v) is 12.9. The number of benzene rings is 1. The Balaban J connectivity index is 2.08. The molecule has 21 heavy (non-hydrogen) atoms. The van der Waals surface area contributed by atoms with Gasteiger partial charge in [0, 0.05) is 18.0 Å². The summed E-state index contributed by atoms with van der Waals surface area (Å²) in [6.45, 7) is 7.48. The summed E-state index contributed by atoms with van der Waals surface area (Å²) in [4.78, 5) is 0. The molecule has 1 N–H and O–H groups in total. The molecule has 0 bridgehead atoms. The predicted octanol–water partition coefficient (Wildman–Crippen LogP) is 3.27. The number of para-hydroxylation sites is 1. The van der Waals surface area contributed by atoms with E-state index in [0.29, 0.717) is 24.4 Å². The molecule has 0 aliphatic heterocycles. The van der Waals surface area contributed by atoms with Gasteiger partial charge in [-0.1, -0.05) is 39.0 Å². The van der Waals surface area contributed by atoms with Crippen LogP contribution in [0, 0.1) is 0 Å². The highest BCUT2D eigenvalue weighted by molar-refractivity contribution is 5.35. The van der Waals surface area contributed by atoms with Gasteiger partial charge in [0.15, 0.2) is 6.61 Å². The van der Waals surface area contributed by atoms with Gasteiger partial charge in [0.2, 0.25) is 5.89 Å². The van der Waals surface area contributed by atoms with Gasteiger partial charge in [-0.25, -0.2) is 0 Å². The van der Waals surface area contributed by atoms with E-state index in [-0.39, 0.29) is 0 Å². The highest BCUT2D eigenvalue weighted by Gasteiger charge is 2.14. The normalized spacial score (nSPS) is 12.3. The van der Waals surface area contributed by atoms with Crippen molar-refractivity contribution >= 4 is 0 Å². The molecular formula is C16H23N3O2. The smallest absolute Gasteiger partial charge is 0.253 e. The van der Waals surface area contributed by atoms with Crippen LogP contribution in [0.15, 0.2) is 28.7 Å². The molecule has 114 valence electrons. The standard InChI is InChI=1S/C16H23N3O2/c1-4-13(17-6-3)12-9-7-8-10-14(12)20-11-16-19-18-15(5-2)21-16/h7-10,13,17H,4-6,11H2,1-3H3. The SMILES string of the molecule is CCNC(CC)c1ccccc1OCc1nnc(CC)o1. The van der Waals surface area contributed by atoms with Crippen LogP contribution in [0.1, 0.15) is 50.6 Å². The monoisotopic (exact) mass is 289 g/mol. The van der Waals surface area contributed by atoms with Gasteiger partial charge in [-0.15, -0.1) is 10.2 Å². The number of ether oxygens (including phenoxy) is 1. The first-order valence-corrected chi connectivity index (χ1v) is 7.54. The van der Waals surface area contributed by atoms with E-state index in [9.17, 15) is 0 Å². The van der Waals surface area contributed by atoms with Crippen molar-refractivity contribution in [3.63, 3.8) is 0 Å². The van der Waals surface area contributed by atoms with Gasteiger partial charge >= 0.3 is 0 Å². The van der Waals surface area contributed by atoms with Crippen LogP contribution in [0.4, 0.5) is 0 Å². The van der Waals surface area contributed by atoms with Crippen molar-refractivity contribution in [1.82, 2.24) is 15.5 Å². The number of nitrogens with one attached hydrogen (secondary N) is 1. The third-order valence-corrected chi connectivity index (χ3v) is 3.32. The van der Waals surface area contributed by atoms with Gasteiger partial charge in [-0.2, -0.15) is 0 Å². The second kappa shape index (κ2) is 7.78. The Hall–Kier alpha value is -1.88. The van der Waals surface area contributed by atoms with E-state index in [1.807, 2.05) is 25.1 Å². The molecule has 0 fully saturated rings. The summed E-state index contributed by atoms with van der Waals surface area (Å²) < 4.78 is 11.3. The van der Waals surface area contributed by atoms with Crippen molar-refractivity contribution in [2.45, 2.75) is 46.3 Å². The number of hydrogen-bond acceptors (Lipinski definition) is 5. The average molecular weight is 289 g/mol. The summed E-state index contributed by atoms with van der Waals surface area (Å²) in [7, 11) is 0. The number of rotatable bonds is 8. The molecule has 2 aromatic rings. The molecule has 0 saturated carbocycles. The Kier molecular flexibility index (Phi) is 5.75. The van der Waals surface area contributed by atoms with Gasteiger partial charge in [-0.05, 0) is 19.0 Å². The van der Waals surface area contributed by atoms with Crippen molar-refractivity contribution in [3.05, 3.63) is 41.6 Å². The highest BCUT2D eigenvalue weighted by Crippen LogP contribution is 2.27. The predicted molar refractivity (Wildman–Crippen MR) is 81.2 cm³/mol. The maximum absolute atomic E-state index is 5.87. The Bertz CT molecular complexity index is 554. The van der Waals surface area contributed by atoms with Gasteiger partial charge in [0.1, 0.15) is 5.75 Å². The minimum absolute atomic E-state index is 0.292. The zero-order valence-electron chi connectivity index (χ0n) is 12.9. The molecule has 0 spiro atoms. The first kappa shape index (κ1) is 15.5. The van der Waals surface area contributed by atoms with Crippen molar-refractivity contribution in [1.29, 1.82) is 0 Å². The summed E-state index contributed by atoms with van der Waals surface area (Å²) in [6.07, 6.45) is 1.75. The Morgan fingerprint density at radius 3 is 2.57 bits per heavy atom. The van der Waals surface area contributed by atoms with E-state index in [1.54, 1.807) is 0 Å². The van der Waals surface area contributed by atoms with Crippen LogP contribution in [0.25, 0.3) is 0 Å². The molecule has 1 atom stereocenters. The van der Waals surface area contributed by atoms with E-state index in [1.165, 1.54) is 0 Å². The summed E-state index contributed by atoms with van der Waals surface area (Å²) in [5.74, 6) is 2.01. The van der Waals surface area contributed by atoms with E-state index in [4.69, 9.17) is 9.15 Å². The third kappa shape index (κ3) is 4.04. The lowest BCUT2D eigenvalue weighted by Gasteiger charge is -2.19. The average Bonchev–Trinajstić information content (AvgIpc) is 2.99. The molecule has 5 heteroatoms. The lowest BCUT2D eigenvalue weighted by molar-refractivity contribution is 0.254. The fraction of sp³-hybridized carbons (Fsp3) is 0.500. The largest absolute Gasteiger partial charge is 0.483 e. The van der Waals surface area contributed by atoms with E-state index < -0.39 is 0 Å². The highest BCUT2D eigenvalue weighted by atomic mass is 16.5. The second-order valence-corrected chi connectivity index (χ2v) is 4.79. The Morgan fingerprint density at radius 2 is 1.90 bits per heavy atom. The molecule has 1 heterocycles. The maximum Gasteiger partial charge on any atom is 0.253 e. The number of hydrogen-bond donors (Lipinski definition) is 1. The van der Waals surface area contributed by atoms with Crippen molar-refractivity contribution in [2.24, 2.45) is 0 Å². The van der Waals surface area contributed by atoms with Crippen LogP contribution in [-0.2, 0) is 13.0 Å². The molecule has 5 nitrogen and oxygen atoms in total. The van der Waals surface area contributed by atoms with Crippen molar-refractivity contribution < 1.29 is 9.15 Å². The maximum atomic E-state index is 5.87. The Morgan fingerprint density at radius 1 is 1.14 bits per heavy atom. The molecule has 0 amide bonds. The van der Waals surface area contributed by atoms with Crippen LogP contribution >= 0.6 is 0 Å². The molecule has 0 saturated heterocycles. The number of aryl methyl sites for hydroxylation is 1. The summed E-state index contributed by atoms with van der Waals surface area (Å²) in [5.41, 5.74) is 1.16. The molecular weight excluding hydrogens is 266 g/mol.